The molecule has 0 aromatic heterocycles. The second-order valence-electron chi connectivity index (χ2n) is 5.63. The summed E-state index contributed by atoms with van der Waals surface area (Å²) in [7, 11) is 3.53. The zero-order chi connectivity index (χ0) is 14.2. The summed E-state index contributed by atoms with van der Waals surface area (Å²) in [5.74, 6) is 2.60. The molecule has 106 valence electrons. The molecule has 0 bridgehead atoms. The predicted molar refractivity (Wildman–Crippen MR) is 78.3 cm³/mol. The number of hydrogen-bond donors (Lipinski definition) is 1. The van der Waals surface area contributed by atoms with E-state index >= 15 is 0 Å². The molecule has 1 aliphatic rings. The smallest absolute Gasteiger partial charge is 0.127 e. The second kappa shape index (κ2) is 5.41. The van der Waals surface area contributed by atoms with Gasteiger partial charge in [0.05, 0.1) is 14.2 Å². The van der Waals surface area contributed by atoms with Crippen LogP contribution in [0, 0.1) is 19.8 Å². The maximum atomic E-state index is 5.71. The Morgan fingerprint density at radius 2 is 1.63 bits per heavy atom. The number of methoxy groups -OCH3 is 2. The molecule has 1 aromatic carbocycles. The molecule has 0 aliphatic carbocycles. The fourth-order valence-corrected chi connectivity index (χ4v) is 3.17. The van der Waals surface area contributed by atoms with Crippen LogP contribution in [0.4, 0.5) is 0 Å². The van der Waals surface area contributed by atoms with Crippen molar-refractivity contribution in [2.75, 3.05) is 20.8 Å². The lowest BCUT2D eigenvalue weighted by molar-refractivity contribution is 0.343. The minimum absolute atomic E-state index is 0.340. The van der Waals surface area contributed by atoms with Crippen LogP contribution in [-0.4, -0.2) is 20.8 Å². The number of nitrogens with one attached hydrogen (secondary N) is 1. The summed E-state index contributed by atoms with van der Waals surface area (Å²) in [5, 5.41) is 3.61. The van der Waals surface area contributed by atoms with Crippen LogP contribution in [0.25, 0.3) is 0 Å². The van der Waals surface area contributed by atoms with E-state index < -0.39 is 0 Å². The molecule has 1 aromatic rings. The Kier molecular flexibility index (Phi) is 4.04. The van der Waals surface area contributed by atoms with Crippen molar-refractivity contribution in [3.8, 4) is 11.5 Å². The van der Waals surface area contributed by atoms with Gasteiger partial charge in [0.2, 0.25) is 0 Å². The predicted octanol–water partition coefficient (Wildman–Crippen LogP) is 3.16. The molecule has 0 saturated carbocycles. The summed E-state index contributed by atoms with van der Waals surface area (Å²) in [6, 6.07) is 0.340. The Balaban J connectivity index is 2.74. The Hall–Kier alpha value is -1.22. The van der Waals surface area contributed by atoms with Crippen molar-refractivity contribution in [2.24, 2.45) is 5.92 Å². The zero-order valence-electron chi connectivity index (χ0n) is 12.9. The van der Waals surface area contributed by atoms with E-state index in [1.54, 1.807) is 14.2 Å². The Morgan fingerprint density at radius 3 is 2.16 bits per heavy atom. The van der Waals surface area contributed by atoms with Crippen molar-refractivity contribution in [3.63, 3.8) is 0 Å². The maximum Gasteiger partial charge on any atom is 0.127 e. The van der Waals surface area contributed by atoms with Crippen LogP contribution in [0.15, 0.2) is 0 Å². The standard InChI is InChI=1S/C16H25NO2/c1-9(2)14-13-12(7-8-17-14)15(18-5)10(3)11(4)16(13)19-6/h9,14,17H,7-8H2,1-6H3. The summed E-state index contributed by atoms with van der Waals surface area (Å²) in [4.78, 5) is 0. The van der Waals surface area contributed by atoms with Gasteiger partial charge in [-0.05, 0) is 43.9 Å². The molecular weight excluding hydrogens is 238 g/mol. The fraction of sp³-hybridized carbons (Fsp3) is 0.625. The van der Waals surface area contributed by atoms with Crippen LogP contribution >= 0.6 is 0 Å². The molecule has 0 radical (unpaired) electrons. The molecule has 0 saturated heterocycles. The summed E-state index contributed by atoms with van der Waals surface area (Å²) < 4.78 is 11.4. The van der Waals surface area contributed by atoms with Gasteiger partial charge >= 0.3 is 0 Å². The van der Waals surface area contributed by atoms with E-state index in [1.165, 1.54) is 22.3 Å². The number of hydrogen-bond acceptors (Lipinski definition) is 3. The van der Waals surface area contributed by atoms with E-state index in [4.69, 9.17) is 9.47 Å². The third-order valence-corrected chi connectivity index (χ3v) is 4.21. The van der Waals surface area contributed by atoms with Gasteiger partial charge in [0.15, 0.2) is 0 Å². The Labute approximate surface area is 116 Å². The minimum Gasteiger partial charge on any atom is -0.496 e. The molecule has 1 unspecified atom stereocenters. The van der Waals surface area contributed by atoms with E-state index in [0.717, 1.165) is 24.5 Å². The normalized spacial score (nSPS) is 18.4. The quantitative estimate of drug-likeness (QED) is 0.908. The molecule has 1 heterocycles. The van der Waals surface area contributed by atoms with Crippen molar-refractivity contribution >= 4 is 0 Å². The monoisotopic (exact) mass is 263 g/mol. The SMILES string of the molecule is COc1c(C)c(C)c(OC)c2c1CCNC2C(C)C. The number of ether oxygens (including phenoxy) is 2. The summed E-state index contributed by atoms with van der Waals surface area (Å²) in [5.41, 5.74) is 5.00. The minimum atomic E-state index is 0.340. The Bertz CT molecular complexity index is 480. The molecule has 1 aliphatic heterocycles. The molecule has 3 nitrogen and oxygen atoms in total. The van der Waals surface area contributed by atoms with E-state index in [0.29, 0.717) is 12.0 Å². The first kappa shape index (κ1) is 14.2. The first-order chi connectivity index (χ1) is 9.02. The molecule has 0 amide bonds. The van der Waals surface area contributed by atoms with Crippen LogP contribution in [0.1, 0.15) is 42.1 Å². The van der Waals surface area contributed by atoms with Gasteiger partial charge in [-0.25, -0.2) is 0 Å². The highest BCUT2D eigenvalue weighted by Gasteiger charge is 2.31. The van der Waals surface area contributed by atoms with Crippen molar-refractivity contribution in [1.29, 1.82) is 0 Å². The van der Waals surface area contributed by atoms with Crippen LogP contribution in [0.5, 0.6) is 11.5 Å². The topological polar surface area (TPSA) is 30.5 Å². The highest BCUT2D eigenvalue weighted by Crippen LogP contribution is 2.44. The molecule has 1 N–H and O–H groups in total. The van der Waals surface area contributed by atoms with Gasteiger partial charge in [0.1, 0.15) is 11.5 Å². The lowest BCUT2D eigenvalue weighted by Crippen LogP contribution is -2.34. The van der Waals surface area contributed by atoms with Crippen LogP contribution < -0.4 is 14.8 Å². The van der Waals surface area contributed by atoms with Gasteiger partial charge < -0.3 is 14.8 Å². The van der Waals surface area contributed by atoms with Gasteiger partial charge in [-0.15, -0.1) is 0 Å². The fourth-order valence-electron chi connectivity index (χ4n) is 3.17. The van der Waals surface area contributed by atoms with Gasteiger partial charge in [0.25, 0.3) is 0 Å². The molecule has 0 spiro atoms. The Morgan fingerprint density at radius 1 is 1.05 bits per heavy atom. The van der Waals surface area contributed by atoms with Crippen molar-refractivity contribution < 1.29 is 9.47 Å². The first-order valence-electron chi connectivity index (χ1n) is 7.00. The summed E-state index contributed by atoms with van der Waals surface area (Å²) in [6.45, 7) is 9.71. The summed E-state index contributed by atoms with van der Waals surface area (Å²) in [6.07, 6.45) is 0.999. The van der Waals surface area contributed by atoms with Crippen molar-refractivity contribution in [3.05, 3.63) is 22.3 Å². The highest BCUT2D eigenvalue weighted by atomic mass is 16.5. The number of rotatable bonds is 3. The van der Waals surface area contributed by atoms with Crippen LogP contribution in [-0.2, 0) is 6.42 Å². The molecule has 3 heteroatoms. The third-order valence-electron chi connectivity index (χ3n) is 4.21. The van der Waals surface area contributed by atoms with Gasteiger partial charge in [-0.1, -0.05) is 13.8 Å². The average Bonchev–Trinajstić information content (AvgIpc) is 2.40. The average molecular weight is 263 g/mol. The van der Waals surface area contributed by atoms with Gasteiger partial charge in [-0.2, -0.15) is 0 Å². The van der Waals surface area contributed by atoms with Crippen LogP contribution in [0.3, 0.4) is 0 Å². The lowest BCUT2D eigenvalue weighted by atomic mass is 9.83. The maximum absolute atomic E-state index is 5.71. The van der Waals surface area contributed by atoms with Crippen LogP contribution in [0.2, 0.25) is 0 Å². The molecule has 0 fully saturated rings. The molecule has 19 heavy (non-hydrogen) atoms. The van der Waals surface area contributed by atoms with Crippen molar-refractivity contribution in [1.82, 2.24) is 5.32 Å². The molecule has 2 rings (SSSR count). The van der Waals surface area contributed by atoms with Gasteiger partial charge in [0, 0.05) is 17.2 Å². The van der Waals surface area contributed by atoms with E-state index in [2.05, 4.69) is 33.0 Å². The van der Waals surface area contributed by atoms with E-state index in [9.17, 15) is 0 Å². The number of benzene rings is 1. The third kappa shape index (κ3) is 2.20. The van der Waals surface area contributed by atoms with E-state index in [1.807, 2.05) is 0 Å². The second-order valence-corrected chi connectivity index (χ2v) is 5.63. The van der Waals surface area contributed by atoms with Crippen molar-refractivity contribution in [2.45, 2.75) is 40.2 Å². The largest absolute Gasteiger partial charge is 0.496 e. The molecular formula is C16H25NO2. The molecule has 1 atom stereocenters. The lowest BCUT2D eigenvalue weighted by Gasteiger charge is -2.34. The number of fused-ring (bicyclic) bond motifs is 1. The summed E-state index contributed by atoms with van der Waals surface area (Å²) >= 11 is 0. The van der Waals surface area contributed by atoms with Gasteiger partial charge in [-0.3, -0.25) is 0 Å². The first-order valence-corrected chi connectivity index (χ1v) is 7.00. The zero-order valence-corrected chi connectivity index (χ0v) is 12.9. The van der Waals surface area contributed by atoms with E-state index in [-0.39, 0.29) is 0 Å². The highest BCUT2D eigenvalue weighted by molar-refractivity contribution is 5.60.